The molecule has 0 amide bonds. The number of hydrogen-bond donors (Lipinski definition) is 1. The van der Waals surface area contributed by atoms with Gasteiger partial charge in [-0.3, -0.25) is 0 Å². The summed E-state index contributed by atoms with van der Waals surface area (Å²) >= 11 is 3.46. The minimum absolute atomic E-state index is 0.0492. The molecule has 0 bridgehead atoms. The molecule has 0 saturated heterocycles. The van der Waals surface area contributed by atoms with Gasteiger partial charge in [0.25, 0.3) is 0 Å². The minimum atomic E-state index is -0.326. The second-order valence-corrected chi connectivity index (χ2v) is 5.89. The van der Waals surface area contributed by atoms with Crippen molar-refractivity contribution in [2.45, 2.75) is 39.7 Å². The molecule has 0 aliphatic rings. The summed E-state index contributed by atoms with van der Waals surface area (Å²) in [6, 6.07) is 5.93. The molecule has 1 aromatic carbocycles. The summed E-state index contributed by atoms with van der Waals surface area (Å²) in [4.78, 5) is 0. The van der Waals surface area contributed by atoms with Crippen molar-refractivity contribution in [1.29, 1.82) is 0 Å². The normalized spacial score (nSPS) is 13.5. The van der Waals surface area contributed by atoms with Crippen LogP contribution in [0.15, 0.2) is 22.7 Å². The lowest BCUT2D eigenvalue weighted by Crippen LogP contribution is -2.30. The van der Waals surface area contributed by atoms with E-state index < -0.39 is 0 Å². The Hall–Kier alpha value is -0.540. The number of ether oxygens (including phenoxy) is 1. The molecule has 96 valence electrons. The van der Waals surface area contributed by atoms with Gasteiger partial charge in [-0.25, -0.2) is 0 Å². The number of halogens is 1. The predicted molar refractivity (Wildman–Crippen MR) is 74.5 cm³/mol. The maximum atomic E-state index is 10.2. The van der Waals surface area contributed by atoms with Crippen LogP contribution in [0.25, 0.3) is 0 Å². The van der Waals surface area contributed by atoms with Gasteiger partial charge in [-0.15, -0.1) is 0 Å². The van der Waals surface area contributed by atoms with E-state index in [0.29, 0.717) is 6.42 Å². The smallest absolute Gasteiger partial charge is 0.133 e. The Balaban J connectivity index is 2.79. The third-order valence-corrected chi connectivity index (χ3v) is 4.08. The standard InChI is InChI=1S/C14H21BrO2/c1-5-14(2,3)13(16)9-10-6-7-12(17-4)11(15)8-10/h6-8,13,16H,5,9H2,1-4H3. The van der Waals surface area contributed by atoms with Crippen molar-refractivity contribution in [3.8, 4) is 5.75 Å². The zero-order valence-corrected chi connectivity index (χ0v) is 12.5. The lowest BCUT2D eigenvalue weighted by Gasteiger charge is -2.29. The van der Waals surface area contributed by atoms with Crippen LogP contribution >= 0.6 is 15.9 Å². The summed E-state index contributed by atoms with van der Waals surface area (Å²) in [6.07, 6.45) is 1.31. The Morgan fingerprint density at radius 1 is 1.41 bits per heavy atom. The average molecular weight is 301 g/mol. The van der Waals surface area contributed by atoms with Gasteiger partial charge in [-0.1, -0.05) is 26.8 Å². The van der Waals surface area contributed by atoms with Crippen LogP contribution in [0.3, 0.4) is 0 Å². The monoisotopic (exact) mass is 300 g/mol. The molecule has 0 fully saturated rings. The highest BCUT2D eigenvalue weighted by Gasteiger charge is 2.25. The van der Waals surface area contributed by atoms with Gasteiger partial charge in [-0.05, 0) is 51.9 Å². The van der Waals surface area contributed by atoms with Gasteiger partial charge in [0.2, 0.25) is 0 Å². The Labute approximate surface area is 112 Å². The fourth-order valence-corrected chi connectivity index (χ4v) is 2.16. The molecule has 0 aliphatic carbocycles. The highest BCUT2D eigenvalue weighted by molar-refractivity contribution is 9.10. The summed E-state index contributed by atoms with van der Waals surface area (Å²) in [5.41, 5.74) is 1.07. The van der Waals surface area contributed by atoms with Gasteiger partial charge in [0.05, 0.1) is 17.7 Å². The zero-order valence-electron chi connectivity index (χ0n) is 11.0. The molecule has 1 atom stereocenters. The Bertz CT molecular complexity index is 374. The first-order valence-corrected chi connectivity index (χ1v) is 6.70. The predicted octanol–water partition coefficient (Wildman–Crippen LogP) is 3.80. The van der Waals surface area contributed by atoms with Gasteiger partial charge in [0.1, 0.15) is 5.75 Å². The van der Waals surface area contributed by atoms with Crippen LogP contribution in [0.4, 0.5) is 0 Å². The Morgan fingerprint density at radius 3 is 2.53 bits per heavy atom. The van der Waals surface area contributed by atoms with E-state index in [1.165, 1.54) is 0 Å². The summed E-state index contributed by atoms with van der Waals surface area (Å²) in [5.74, 6) is 0.818. The van der Waals surface area contributed by atoms with Crippen molar-refractivity contribution in [1.82, 2.24) is 0 Å². The second kappa shape index (κ2) is 5.87. The van der Waals surface area contributed by atoms with Crippen molar-refractivity contribution < 1.29 is 9.84 Å². The minimum Gasteiger partial charge on any atom is -0.496 e. The number of rotatable bonds is 5. The largest absolute Gasteiger partial charge is 0.496 e. The highest BCUT2D eigenvalue weighted by Crippen LogP contribution is 2.30. The van der Waals surface area contributed by atoms with E-state index in [4.69, 9.17) is 4.74 Å². The maximum absolute atomic E-state index is 10.2. The number of benzene rings is 1. The van der Waals surface area contributed by atoms with Gasteiger partial charge in [0, 0.05) is 0 Å². The average Bonchev–Trinajstić information content (AvgIpc) is 2.29. The van der Waals surface area contributed by atoms with Crippen LogP contribution in [0.1, 0.15) is 32.8 Å². The van der Waals surface area contributed by atoms with Crippen molar-refractivity contribution in [2.24, 2.45) is 5.41 Å². The Morgan fingerprint density at radius 2 is 2.06 bits per heavy atom. The van der Waals surface area contributed by atoms with Crippen molar-refractivity contribution in [2.75, 3.05) is 7.11 Å². The number of aliphatic hydroxyl groups is 1. The number of hydrogen-bond acceptors (Lipinski definition) is 2. The van der Waals surface area contributed by atoms with Crippen molar-refractivity contribution >= 4 is 15.9 Å². The van der Waals surface area contributed by atoms with Crippen molar-refractivity contribution in [3.05, 3.63) is 28.2 Å². The molecule has 0 radical (unpaired) electrons. The van der Waals surface area contributed by atoms with E-state index in [9.17, 15) is 5.11 Å². The summed E-state index contributed by atoms with van der Waals surface area (Å²) in [5, 5.41) is 10.2. The highest BCUT2D eigenvalue weighted by atomic mass is 79.9. The zero-order chi connectivity index (χ0) is 13.1. The maximum Gasteiger partial charge on any atom is 0.133 e. The summed E-state index contributed by atoms with van der Waals surface area (Å²) in [7, 11) is 1.65. The van der Waals surface area contributed by atoms with E-state index in [1.807, 2.05) is 18.2 Å². The lowest BCUT2D eigenvalue weighted by atomic mass is 9.81. The molecule has 17 heavy (non-hydrogen) atoms. The van der Waals surface area contributed by atoms with Crippen LogP contribution < -0.4 is 4.74 Å². The first-order valence-electron chi connectivity index (χ1n) is 5.91. The third-order valence-electron chi connectivity index (χ3n) is 3.46. The quantitative estimate of drug-likeness (QED) is 0.896. The SMILES string of the molecule is CCC(C)(C)C(O)Cc1ccc(OC)c(Br)c1. The molecule has 3 heteroatoms. The molecule has 0 spiro atoms. The molecule has 0 aromatic heterocycles. The number of aliphatic hydroxyl groups excluding tert-OH is 1. The molecular formula is C14H21BrO2. The fourth-order valence-electron chi connectivity index (χ4n) is 1.57. The molecule has 0 heterocycles. The van der Waals surface area contributed by atoms with E-state index >= 15 is 0 Å². The Kier molecular flexibility index (Phi) is 5.02. The van der Waals surface area contributed by atoms with E-state index in [0.717, 1.165) is 22.2 Å². The molecule has 0 aliphatic heterocycles. The van der Waals surface area contributed by atoms with Crippen LogP contribution in [0, 0.1) is 5.41 Å². The number of methoxy groups -OCH3 is 1. The molecule has 1 rings (SSSR count). The van der Waals surface area contributed by atoms with Crippen molar-refractivity contribution in [3.63, 3.8) is 0 Å². The van der Waals surface area contributed by atoms with Crippen LogP contribution in [0.2, 0.25) is 0 Å². The molecular weight excluding hydrogens is 280 g/mol. The van der Waals surface area contributed by atoms with Gasteiger partial charge >= 0.3 is 0 Å². The lowest BCUT2D eigenvalue weighted by molar-refractivity contribution is 0.0479. The first-order chi connectivity index (χ1) is 7.90. The van der Waals surface area contributed by atoms with Crippen LogP contribution in [-0.4, -0.2) is 18.3 Å². The summed E-state index contributed by atoms with van der Waals surface area (Å²) < 4.78 is 6.11. The van der Waals surface area contributed by atoms with Gasteiger partial charge in [-0.2, -0.15) is 0 Å². The van der Waals surface area contributed by atoms with E-state index in [2.05, 4.69) is 36.7 Å². The fraction of sp³-hybridized carbons (Fsp3) is 0.571. The van der Waals surface area contributed by atoms with Crippen LogP contribution in [0.5, 0.6) is 5.75 Å². The second-order valence-electron chi connectivity index (χ2n) is 5.03. The van der Waals surface area contributed by atoms with Crippen LogP contribution in [-0.2, 0) is 6.42 Å². The van der Waals surface area contributed by atoms with Gasteiger partial charge < -0.3 is 9.84 Å². The topological polar surface area (TPSA) is 29.5 Å². The van der Waals surface area contributed by atoms with E-state index in [1.54, 1.807) is 7.11 Å². The molecule has 1 aromatic rings. The molecule has 0 saturated carbocycles. The van der Waals surface area contributed by atoms with E-state index in [-0.39, 0.29) is 11.5 Å². The first kappa shape index (κ1) is 14.5. The summed E-state index contributed by atoms with van der Waals surface area (Å²) in [6.45, 7) is 6.29. The van der Waals surface area contributed by atoms with Gasteiger partial charge in [0.15, 0.2) is 0 Å². The molecule has 2 nitrogen and oxygen atoms in total. The molecule has 1 unspecified atom stereocenters. The third kappa shape index (κ3) is 3.71. The molecule has 1 N–H and O–H groups in total.